The Kier molecular flexibility index (Phi) is 3.28. The van der Waals surface area contributed by atoms with Crippen LogP contribution in [0.4, 0.5) is 0 Å². The maximum Gasteiger partial charge on any atom is 0.362 e. The summed E-state index contributed by atoms with van der Waals surface area (Å²) in [6, 6.07) is 14.4. The summed E-state index contributed by atoms with van der Waals surface area (Å²) in [6.45, 7) is 1.91. The van der Waals surface area contributed by atoms with Crippen molar-refractivity contribution >= 4 is 22.9 Å². The minimum atomic E-state index is -0.574. The third kappa shape index (κ3) is 2.69. The van der Waals surface area contributed by atoms with Crippen molar-refractivity contribution in [1.82, 2.24) is 4.98 Å². The Morgan fingerprint density at radius 3 is 2.71 bits per heavy atom. The summed E-state index contributed by atoms with van der Waals surface area (Å²) in [7, 11) is 0. The van der Waals surface area contributed by atoms with Crippen molar-refractivity contribution in [2.24, 2.45) is 0 Å². The van der Waals surface area contributed by atoms with Crippen molar-refractivity contribution in [2.75, 3.05) is 0 Å². The summed E-state index contributed by atoms with van der Waals surface area (Å²) >= 11 is 0. The number of hydrogen-bond acceptors (Lipinski definition) is 4. The fourth-order valence-corrected chi connectivity index (χ4v) is 2.04. The molecule has 0 fully saturated rings. The molecule has 0 saturated heterocycles. The van der Waals surface area contributed by atoms with E-state index < -0.39 is 5.63 Å². The van der Waals surface area contributed by atoms with Crippen LogP contribution in [0.5, 0.6) is 0 Å². The highest BCUT2D eigenvalue weighted by Gasteiger charge is 2.07. The van der Waals surface area contributed by atoms with Gasteiger partial charge >= 0.3 is 5.63 Å². The number of aryl methyl sites for hydroxylation is 1. The first-order valence-electron chi connectivity index (χ1n) is 6.51. The van der Waals surface area contributed by atoms with Gasteiger partial charge in [-0.05, 0) is 24.6 Å². The van der Waals surface area contributed by atoms with Gasteiger partial charge < -0.3 is 9.52 Å². The quantitative estimate of drug-likeness (QED) is 0.729. The molecule has 0 saturated carbocycles. The van der Waals surface area contributed by atoms with E-state index >= 15 is 0 Å². The minimum absolute atomic E-state index is 0.0261. The second kappa shape index (κ2) is 5.25. The molecule has 0 aliphatic rings. The number of aromatic nitrogens is 1. The largest absolute Gasteiger partial charge is 0.507 e. The van der Waals surface area contributed by atoms with Crippen LogP contribution in [0.15, 0.2) is 57.7 Å². The number of benzene rings is 2. The molecule has 0 aliphatic heterocycles. The van der Waals surface area contributed by atoms with Crippen LogP contribution in [0.3, 0.4) is 0 Å². The van der Waals surface area contributed by atoms with Crippen LogP contribution in [0.2, 0.25) is 0 Å². The zero-order valence-electron chi connectivity index (χ0n) is 11.4. The summed E-state index contributed by atoms with van der Waals surface area (Å²) in [5.41, 5.74) is 2.12. The van der Waals surface area contributed by atoms with Crippen molar-refractivity contribution in [2.45, 2.75) is 6.92 Å². The Labute approximate surface area is 121 Å². The van der Waals surface area contributed by atoms with Gasteiger partial charge in [-0.25, -0.2) is 9.78 Å². The Balaban J connectivity index is 2.11. The number of rotatable bonds is 2. The highest BCUT2D eigenvalue weighted by atomic mass is 16.4. The summed E-state index contributed by atoms with van der Waals surface area (Å²) in [5, 5.41) is 10.1. The fraction of sp³-hybridized carbons (Fsp3) is 0.0588. The molecule has 0 bridgehead atoms. The van der Waals surface area contributed by atoms with Gasteiger partial charge in [0.15, 0.2) is 11.3 Å². The first-order valence-corrected chi connectivity index (χ1v) is 6.51. The summed E-state index contributed by atoms with van der Waals surface area (Å²) in [5.74, 6) is -0.0261. The molecule has 0 unspecified atom stereocenters. The standard InChI is InChI=1S/C17H13NO3/c1-11-7-8-13-16(9-11)21-17(20)14(18-13)10-15(19)12-5-3-2-4-6-12/h2-10,19H,1H3. The molecule has 0 atom stereocenters. The lowest BCUT2D eigenvalue weighted by Crippen LogP contribution is -2.06. The van der Waals surface area contributed by atoms with Gasteiger partial charge in [0.05, 0.1) is 0 Å². The van der Waals surface area contributed by atoms with E-state index in [1.807, 2.05) is 19.1 Å². The van der Waals surface area contributed by atoms with Crippen LogP contribution < -0.4 is 5.63 Å². The Hall–Kier alpha value is -2.88. The van der Waals surface area contributed by atoms with E-state index in [0.29, 0.717) is 16.7 Å². The normalized spacial score (nSPS) is 11.8. The lowest BCUT2D eigenvalue weighted by Gasteiger charge is -2.01. The molecule has 1 aromatic heterocycles. The predicted octanol–water partition coefficient (Wildman–Crippen LogP) is 3.55. The van der Waals surface area contributed by atoms with Gasteiger partial charge in [-0.2, -0.15) is 0 Å². The van der Waals surface area contributed by atoms with Crippen molar-refractivity contribution in [3.63, 3.8) is 0 Å². The smallest absolute Gasteiger partial charge is 0.362 e. The topological polar surface area (TPSA) is 63.3 Å². The second-order valence-electron chi connectivity index (χ2n) is 4.75. The first kappa shape index (κ1) is 13.1. The zero-order chi connectivity index (χ0) is 14.8. The van der Waals surface area contributed by atoms with Crippen molar-refractivity contribution in [1.29, 1.82) is 0 Å². The van der Waals surface area contributed by atoms with E-state index in [9.17, 15) is 9.90 Å². The molecule has 0 spiro atoms. The number of aliphatic hydroxyl groups excluding tert-OH is 1. The zero-order valence-corrected chi connectivity index (χ0v) is 11.4. The van der Waals surface area contributed by atoms with Crippen LogP contribution >= 0.6 is 0 Å². The number of hydrogen-bond donors (Lipinski definition) is 1. The highest BCUT2D eigenvalue weighted by molar-refractivity contribution is 5.78. The Morgan fingerprint density at radius 1 is 1.19 bits per heavy atom. The lowest BCUT2D eigenvalue weighted by molar-refractivity contribution is 0.514. The molecule has 0 aliphatic carbocycles. The maximum atomic E-state index is 11.9. The number of nitrogens with zero attached hydrogens (tertiary/aromatic N) is 1. The molecule has 0 amide bonds. The van der Waals surface area contributed by atoms with E-state index in [-0.39, 0.29) is 11.5 Å². The number of fused-ring (bicyclic) bond motifs is 1. The molecule has 1 N–H and O–H groups in total. The third-order valence-corrected chi connectivity index (χ3v) is 3.11. The summed E-state index contributed by atoms with van der Waals surface area (Å²) < 4.78 is 5.24. The van der Waals surface area contributed by atoms with Crippen LogP contribution in [0.1, 0.15) is 16.8 Å². The van der Waals surface area contributed by atoms with E-state index in [4.69, 9.17) is 4.42 Å². The molecular weight excluding hydrogens is 266 g/mol. The molecule has 21 heavy (non-hydrogen) atoms. The number of aliphatic hydroxyl groups is 1. The molecule has 3 aromatic rings. The van der Waals surface area contributed by atoms with Crippen LogP contribution in [-0.2, 0) is 0 Å². The molecule has 3 rings (SSSR count). The van der Waals surface area contributed by atoms with Gasteiger partial charge in [-0.15, -0.1) is 0 Å². The average Bonchev–Trinajstić information content (AvgIpc) is 2.49. The predicted molar refractivity (Wildman–Crippen MR) is 82.0 cm³/mol. The molecule has 0 radical (unpaired) electrons. The Bertz CT molecular complexity index is 879. The average molecular weight is 279 g/mol. The van der Waals surface area contributed by atoms with Crippen molar-refractivity contribution in [3.05, 3.63) is 75.8 Å². The molecule has 104 valence electrons. The second-order valence-corrected chi connectivity index (χ2v) is 4.75. The molecule has 4 heteroatoms. The van der Waals surface area contributed by atoms with E-state index in [1.54, 1.807) is 36.4 Å². The van der Waals surface area contributed by atoms with Crippen LogP contribution in [-0.4, -0.2) is 10.1 Å². The van der Waals surface area contributed by atoms with Crippen LogP contribution in [0, 0.1) is 6.92 Å². The monoisotopic (exact) mass is 279 g/mol. The van der Waals surface area contributed by atoms with E-state index in [1.165, 1.54) is 6.08 Å². The van der Waals surface area contributed by atoms with Gasteiger partial charge in [0.25, 0.3) is 0 Å². The van der Waals surface area contributed by atoms with Crippen molar-refractivity contribution < 1.29 is 9.52 Å². The van der Waals surface area contributed by atoms with E-state index in [2.05, 4.69) is 4.98 Å². The van der Waals surface area contributed by atoms with Gasteiger partial charge in [0, 0.05) is 11.6 Å². The van der Waals surface area contributed by atoms with Gasteiger partial charge in [0.2, 0.25) is 0 Å². The molecule has 2 aromatic carbocycles. The molecule has 1 heterocycles. The van der Waals surface area contributed by atoms with E-state index in [0.717, 1.165) is 5.56 Å². The third-order valence-electron chi connectivity index (χ3n) is 3.11. The molecular formula is C17H13NO3. The van der Waals surface area contributed by atoms with Crippen LogP contribution in [0.25, 0.3) is 22.9 Å². The fourth-order valence-electron chi connectivity index (χ4n) is 2.04. The summed E-state index contributed by atoms with van der Waals surface area (Å²) in [4.78, 5) is 16.2. The highest BCUT2D eigenvalue weighted by Crippen LogP contribution is 2.16. The Morgan fingerprint density at radius 2 is 1.95 bits per heavy atom. The van der Waals surface area contributed by atoms with Gasteiger partial charge in [0.1, 0.15) is 11.3 Å². The van der Waals surface area contributed by atoms with Crippen molar-refractivity contribution in [3.8, 4) is 0 Å². The first-order chi connectivity index (χ1) is 10.1. The lowest BCUT2D eigenvalue weighted by atomic mass is 10.1. The van der Waals surface area contributed by atoms with Gasteiger partial charge in [-0.3, -0.25) is 0 Å². The maximum absolute atomic E-state index is 11.9. The summed E-state index contributed by atoms with van der Waals surface area (Å²) in [6.07, 6.45) is 1.32. The minimum Gasteiger partial charge on any atom is -0.507 e. The van der Waals surface area contributed by atoms with Gasteiger partial charge in [-0.1, -0.05) is 36.4 Å². The SMILES string of the molecule is Cc1ccc2nc(C=C(O)c3ccccc3)c(=O)oc2c1. The molecule has 4 nitrogen and oxygen atoms in total.